The van der Waals surface area contributed by atoms with Gasteiger partial charge in [0.25, 0.3) is 0 Å². The predicted molar refractivity (Wildman–Crippen MR) is 96.5 cm³/mol. The van der Waals surface area contributed by atoms with Crippen LogP contribution in [0.1, 0.15) is 45.6 Å². The first-order chi connectivity index (χ1) is 11.3. The van der Waals surface area contributed by atoms with Gasteiger partial charge in [-0.15, -0.1) is 0 Å². The SMILES string of the molecule is C=C1CC[C@H](C(O)CCc2ccccc2)C(C)(C)[C@@H]1COC(C)=O. The van der Waals surface area contributed by atoms with Crippen LogP contribution in [-0.4, -0.2) is 23.8 Å². The number of aryl methyl sites for hydroxylation is 1. The van der Waals surface area contributed by atoms with E-state index in [1.54, 1.807) is 0 Å². The molecule has 1 aromatic carbocycles. The quantitative estimate of drug-likeness (QED) is 0.629. The highest BCUT2D eigenvalue weighted by Crippen LogP contribution is 2.49. The third-order valence-electron chi connectivity index (χ3n) is 5.61. The van der Waals surface area contributed by atoms with Crippen molar-refractivity contribution >= 4 is 5.97 Å². The van der Waals surface area contributed by atoms with Gasteiger partial charge in [0.15, 0.2) is 0 Å². The van der Waals surface area contributed by atoms with Gasteiger partial charge in [0.05, 0.1) is 12.7 Å². The molecule has 132 valence electrons. The number of benzene rings is 1. The van der Waals surface area contributed by atoms with Gasteiger partial charge in [-0.05, 0) is 42.6 Å². The molecule has 0 heterocycles. The number of aliphatic hydroxyl groups is 1. The third-order valence-corrected chi connectivity index (χ3v) is 5.61. The topological polar surface area (TPSA) is 46.5 Å². The largest absolute Gasteiger partial charge is 0.465 e. The van der Waals surface area contributed by atoms with E-state index in [2.05, 4.69) is 32.6 Å². The Balaban J connectivity index is 2.02. The van der Waals surface area contributed by atoms with Gasteiger partial charge >= 0.3 is 5.97 Å². The lowest BCUT2D eigenvalue weighted by molar-refractivity contribution is -0.144. The van der Waals surface area contributed by atoms with Crippen LogP contribution >= 0.6 is 0 Å². The Morgan fingerprint density at radius 3 is 2.67 bits per heavy atom. The summed E-state index contributed by atoms with van der Waals surface area (Å²) in [6, 6.07) is 10.3. The van der Waals surface area contributed by atoms with E-state index in [9.17, 15) is 9.90 Å². The standard InChI is InChI=1S/C21H30O3/c1-15-10-12-18(21(3,4)19(15)14-24-16(2)22)20(23)13-11-17-8-6-5-7-9-17/h5-9,18-20,23H,1,10-14H2,2-4H3/t18-,19-,20?/m1/s1. The number of ether oxygens (including phenoxy) is 1. The first-order valence-corrected chi connectivity index (χ1v) is 8.85. The van der Waals surface area contributed by atoms with Gasteiger partial charge in [-0.3, -0.25) is 4.79 Å². The molecule has 3 atom stereocenters. The van der Waals surface area contributed by atoms with Gasteiger partial charge in [0.1, 0.15) is 0 Å². The molecular weight excluding hydrogens is 300 g/mol. The van der Waals surface area contributed by atoms with E-state index >= 15 is 0 Å². The third kappa shape index (κ3) is 4.47. The molecule has 1 N–H and O–H groups in total. The molecule has 0 radical (unpaired) electrons. The van der Waals surface area contributed by atoms with Crippen LogP contribution in [0.15, 0.2) is 42.5 Å². The molecule has 0 aromatic heterocycles. The minimum Gasteiger partial charge on any atom is -0.465 e. The van der Waals surface area contributed by atoms with E-state index in [-0.39, 0.29) is 29.3 Å². The highest BCUT2D eigenvalue weighted by atomic mass is 16.5. The van der Waals surface area contributed by atoms with Crippen LogP contribution in [0.25, 0.3) is 0 Å². The molecule has 1 unspecified atom stereocenters. The van der Waals surface area contributed by atoms with Crippen molar-refractivity contribution in [3.8, 4) is 0 Å². The van der Waals surface area contributed by atoms with Gasteiger partial charge in [0, 0.05) is 12.8 Å². The number of rotatable bonds is 6. The molecule has 3 heteroatoms. The lowest BCUT2D eigenvalue weighted by Crippen LogP contribution is -2.45. The number of esters is 1. The van der Waals surface area contributed by atoms with Crippen LogP contribution < -0.4 is 0 Å². The molecule has 0 amide bonds. The molecule has 1 aromatic rings. The average molecular weight is 330 g/mol. The first-order valence-electron chi connectivity index (χ1n) is 8.85. The van der Waals surface area contributed by atoms with Crippen molar-refractivity contribution in [1.82, 2.24) is 0 Å². The summed E-state index contributed by atoms with van der Waals surface area (Å²) in [5.41, 5.74) is 2.25. The normalized spacial score (nSPS) is 24.4. The Bertz CT molecular complexity index is 562. The van der Waals surface area contributed by atoms with Gasteiger partial charge in [-0.2, -0.15) is 0 Å². The minimum absolute atomic E-state index is 0.103. The fraction of sp³-hybridized carbons (Fsp3) is 0.571. The van der Waals surface area contributed by atoms with Crippen LogP contribution in [0.4, 0.5) is 0 Å². The van der Waals surface area contributed by atoms with E-state index < -0.39 is 0 Å². The lowest BCUT2D eigenvalue weighted by atomic mass is 9.59. The lowest BCUT2D eigenvalue weighted by Gasteiger charge is -2.48. The maximum atomic E-state index is 11.2. The molecule has 0 bridgehead atoms. The highest BCUT2D eigenvalue weighted by molar-refractivity contribution is 5.65. The second-order valence-electron chi connectivity index (χ2n) is 7.57. The Kier molecular flexibility index (Phi) is 6.22. The summed E-state index contributed by atoms with van der Waals surface area (Å²) in [6.07, 6.45) is 3.11. The highest BCUT2D eigenvalue weighted by Gasteiger charge is 2.45. The molecule has 1 aliphatic rings. The summed E-state index contributed by atoms with van der Waals surface area (Å²) in [5.74, 6) is 0.0316. The zero-order chi connectivity index (χ0) is 17.7. The summed E-state index contributed by atoms with van der Waals surface area (Å²) in [7, 11) is 0. The van der Waals surface area contributed by atoms with Crippen molar-refractivity contribution in [2.75, 3.05) is 6.61 Å². The Labute approximate surface area is 145 Å². The first kappa shape index (κ1) is 18.7. The van der Waals surface area contributed by atoms with Crippen molar-refractivity contribution in [3.05, 3.63) is 48.0 Å². The molecule has 1 aliphatic carbocycles. The molecule has 0 spiro atoms. The second-order valence-corrected chi connectivity index (χ2v) is 7.57. The molecule has 0 saturated heterocycles. The number of hydrogen-bond acceptors (Lipinski definition) is 3. The monoisotopic (exact) mass is 330 g/mol. The Morgan fingerprint density at radius 2 is 2.04 bits per heavy atom. The van der Waals surface area contributed by atoms with Crippen LogP contribution in [0.2, 0.25) is 0 Å². The fourth-order valence-corrected chi connectivity index (χ4v) is 4.05. The molecule has 1 fully saturated rings. The maximum absolute atomic E-state index is 11.2. The number of carbonyl (C=O) groups is 1. The van der Waals surface area contributed by atoms with Gasteiger partial charge < -0.3 is 9.84 Å². The van der Waals surface area contributed by atoms with E-state index in [4.69, 9.17) is 4.74 Å². The second kappa shape index (κ2) is 7.98. The molecular formula is C21H30O3. The summed E-state index contributed by atoms with van der Waals surface area (Å²) in [5, 5.41) is 10.8. The van der Waals surface area contributed by atoms with E-state index in [0.29, 0.717) is 6.61 Å². The van der Waals surface area contributed by atoms with Crippen molar-refractivity contribution in [3.63, 3.8) is 0 Å². The van der Waals surface area contributed by atoms with Crippen LogP contribution in [0.5, 0.6) is 0 Å². The zero-order valence-corrected chi connectivity index (χ0v) is 15.1. The molecule has 24 heavy (non-hydrogen) atoms. The maximum Gasteiger partial charge on any atom is 0.302 e. The van der Waals surface area contributed by atoms with Crippen LogP contribution in [0.3, 0.4) is 0 Å². The summed E-state index contributed by atoms with van der Waals surface area (Å²) in [4.78, 5) is 11.2. The van der Waals surface area contributed by atoms with Crippen molar-refractivity contribution < 1.29 is 14.6 Å². The number of aliphatic hydroxyl groups excluding tert-OH is 1. The zero-order valence-electron chi connectivity index (χ0n) is 15.1. The number of carbonyl (C=O) groups excluding carboxylic acids is 1. The van der Waals surface area contributed by atoms with Gasteiger partial charge in [-0.1, -0.05) is 56.3 Å². The summed E-state index contributed by atoms with van der Waals surface area (Å²) < 4.78 is 5.26. The summed E-state index contributed by atoms with van der Waals surface area (Å²) >= 11 is 0. The summed E-state index contributed by atoms with van der Waals surface area (Å²) in [6.45, 7) is 10.3. The van der Waals surface area contributed by atoms with E-state index in [0.717, 1.165) is 31.3 Å². The Morgan fingerprint density at radius 1 is 1.38 bits per heavy atom. The van der Waals surface area contributed by atoms with E-state index in [1.807, 2.05) is 18.2 Å². The van der Waals surface area contributed by atoms with Gasteiger partial charge in [0.2, 0.25) is 0 Å². The fourth-order valence-electron chi connectivity index (χ4n) is 4.05. The Hall–Kier alpha value is -1.61. The van der Waals surface area contributed by atoms with Crippen LogP contribution in [0, 0.1) is 17.3 Å². The van der Waals surface area contributed by atoms with Crippen molar-refractivity contribution in [2.24, 2.45) is 17.3 Å². The molecule has 0 aliphatic heterocycles. The molecule has 3 nitrogen and oxygen atoms in total. The van der Waals surface area contributed by atoms with Crippen molar-refractivity contribution in [1.29, 1.82) is 0 Å². The average Bonchev–Trinajstić information content (AvgIpc) is 2.52. The molecule has 1 saturated carbocycles. The minimum atomic E-state index is -0.354. The predicted octanol–water partition coefficient (Wildman–Crippen LogP) is 4.15. The van der Waals surface area contributed by atoms with Crippen LogP contribution in [-0.2, 0) is 16.0 Å². The smallest absolute Gasteiger partial charge is 0.302 e. The van der Waals surface area contributed by atoms with E-state index in [1.165, 1.54) is 12.5 Å². The molecule has 2 rings (SSSR count). The number of hydrogen-bond donors (Lipinski definition) is 1. The van der Waals surface area contributed by atoms with Gasteiger partial charge in [-0.25, -0.2) is 0 Å². The van der Waals surface area contributed by atoms with Crippen molar-refractivity contribution in [2.45, 2.75) is 52.6 Å².